The van der Waals surface area contributed by atoms with Gasteiger partial charge in [0.2, 0.25) is 5.91 Å². The van der Waals surface area contributed by atoms with Gasteiger partial charge in [0.1, 0.15) is 5.00 Å². The lowest BCUT2D eigenvalue weighted by Crippen LogP contribution is -2.24. The Balaban J connectivity index is 1.34. The summed E-state index contributed by atoms with van der Waals surface area (Å²) in [6.07, 6.45) is 3.71. The van der Waals surface area contributed by atoms with E-state index < -0.39 is 16.7 Å². The van der Waals surface area contributed by atoms with Crippen LogP contribution in [-0.4, -0.2) is 43.2 Å². The van der Waals surface area contributed by atoms with Gasteiger partial charge in [-0.2, -0.15) is 0 Å². The van der Waals surface area contributed by atoms with Crippen LogP contribution < -0.4 is 16.4 Å². The van der Waals surface area contributed by atoms with Crippen molar-refractivity contribution in [3.63, 3.8) is 0 Å². The summed E-state index contributed by atoms with van der Waals surface area (Å²) >= 11 is 2.56. The number of carbonyl (C=O) groups excluding carboxylic acids is 3. The van der Waals surface area contributed by atoms with Gasteiger partial charge in [-0.05, 0) is 37.3 Å². The van der Waals surface area contributed by atoms with E-state index in [2.05, 4.69) is 20.8 Å². The van der Waals surface area contributed by atoms with Crippen molar-refractivity contribution in [3.05, 3.63) is 61.8 Å². The van der Waals surface area contributed by atoms with Crippen molar-refractivity contribution in [2.24, 2.45) is 12.8 Å². The number of carbonyl (C=O) groups is 3. The normalized spacial score (nSPS) is 12.6. The van der Waals surface area contributed by atoms with Crippen molar-refractivity contribution in [1.29, 1.82) is 0 Å². The molecule has 1 aromatic carbocycles. The lowest BCUT2D eigenvalue weighted by Gasteiger charge is -2.11. The van der Waals surface area contributed by atoms with Gasteiger partial charge in [-0.3, -0.25) is 24.5 Å². The smallest absolute Gasteiger partial charge is 0.270 e. The largest absolute Gasteiger partial charge is 0.365 e. The molecule has 36 heavy (non-hydrogen) atoms. The number of anilines is 1. The van der Waals surface area contributed by atoms with E-state index in [1.165, 1.54) is 35.6 Å². The fourth-order valence-electron chi connectivity index (χ4n) is 3.85. The molecule has 4 rings (SSSR count). The van der Waals surface area contributed by atoms with E-state index in [0.29, 0.717) is 21.5 Å². The van der Waals surface area contributed by atoms with Crippen LogP contribution in [0.2, 0.25) is 0 Å². The van der Waals surface area contributed by atoms with E-state index in [-0.39, 0.29) is 29.5 Å². The fraction of sp³-hybridized carbons (Fsp3) is 0.318. The topological polar surface area (TPSA) is 175 Å². The van der Waals surface area contributed by atoms with E-state index in [1.54, 1.807) is 11.6 Å². The van der Waals surface area contributed by atoms with Crippen LogP contribution in [0.1, 0.15) is 49.8 Å². The molecule has 0 unspecified atom stereocenters. The van der Waals surface area contributed by atoms with Crippen molar-refractivity contribution in [3.8, 4) is 0 Å². The molecule has 1 aliphatic rings. The summed E-state index contributed by atoms with van der Waals surface area (Å²) < 4.78 is 1.64. The third-order valence-electron chi connectivity index (χ3n) is 5.65. The van der Waals surface area contributed by atoms with Crippen molar-refractivity contribution in [2.45, 2.75) is 37.4 Å². The number of fused-ring (bicyclic) bond motifs is 1. The first kappa shape index (κ1) is 25.3. The van der Waals surface area contributed by atoms with Crippen LogP contribution in [-0.2, 0) is 31.2 Å². The molecule has 0 bridgehead atoms. The molecule has 4 N–H and O–H groups in total. The van der Waals surface area contributed by atoms with Crippen LogP contribution in [0.3, 0.4) is 0 Å². The number of non-ortho nitro benzene ring substituents is 1. The molecule has 0 atom stereocenters. The summed E-state index contributed by atoms with van der Waals surface area (Å²) in [6, 6.07) is 5.42. The summed E-state index contributed by atoms with van der Waals surface area (Å²) in [5.41, 5.74) is 6.92. The van der Waals surface area contributed by atoms with Crippen molar-refractivity contribution in [2.75, 3.05) is 11.1 Å². The maximum Gasteiger partial charge on any atom is 0.270 e. The van der Waals surface area contributed by atoms with Crippen molar-refractivity contribution < 1.29 is 19.3 Å². The Bertz CT molecular complexity index is 1350. The molecule has 3 amide bonds. The SMILES string of the molecule is Cn1c(CNC(=O)c2cccc([N+](=O)[O-])c2)nnc1SCC(=O)Nc1sc2c(c1C(N)=O)CCCC2. The molecule has 2 heterocycles. The number of aromatic nitrogens is 3. The second-order valence-corrected chi connectivity index (χ2v) is 10.1. The van der Waals surface area contributed by atoms with Gasteiger partial charge in [0.05, 0.1) is 22.8 Å². The predicted octanol–water partition coefficient (Wildman–Crippen LogP) is 2.42. The lowest BCUT2D eigenvalue weighted by molar-refractivity contribution is -0.384. The minimum absolute atomic E-state index is 0.0345. The van der Waals surface area contributed by atoms with Crippen molar-refractivity contribution in [1.82, 2.24) is 20.1 Å². The van der Waals surface area contributed by atoms with E-state index in [0.717, 1.165) is 47.9 Å². The summed E-state index contributed by atoms with van der Waals surface area (Å²) in [7, 11) is 1.70. The standard InChI is InChI=1S/C22H23N7O5S2/c1-28-16(10-24-20(32)12-5-4-6-13(9-12)29(33)34)26-27-22(28)35-11-17(30)25-21-18(19(23)31)14-7-2-3-8-15(14)36-21/h4-6,9H,2-3,7-8,10-11H2,1H3,(H2,23,31)(H,24,32)(H,25,30). The van der Waals surface area contributed by atoms with Gasteiger partial charge in [-0.15, -0.1) is 21.5 Å². The van der Waals surface area contributed by atoms with Crippen LogP contribution in [0.15, 0.2) is 29.4 Å². The highest BCUT2D eigenvalue weighted by atomic mass is 32.2. The van der Waals surface area contributed by atoms with Crippen LogP contribution in [0.25, 0.3) is 0 Å². The number of benzene rings is 1. The number of thioether (sulfide) groups is 1. The summed E-state index contributed by atoms with van der Waals surface area (Å²) in [4.78, 5) is 48.4. The highest BCUT2D eigenvalue weighted by molar-refractivity contribution is 7.99. The number of aryl methyl sites for hydroxylation is 1. The Morgan fingerprint density at radius 1 is 1.25 bits per heavy atom. The number of nitro benzene ring substituents is 1. The third kappa shape index (κ3) is 5.54. The highest BCUT2D eigenvalue weighted by Crippen LogP contribution is 2.38. The molecular formula is C22H23N7O5S2. The van der Waals surface area contributed by atoms with E-state index in [4.69, 9.17) is 5.73 Å². The molecule has 0 aliphatic heterocycles. The molecule has 2 aromatic heterocycles. The van der Waals surface area contributed by atoms with Crippen molar-refractivity contribution >= 4 is 51.5 Å². The zero-order chi connectivity index (χ0) is 25.8. The zero-order valence-electron chi connectivity index (χ0n) is 19.3. The number of nitro groups is 1. The second-order valence-electron chi connectivity index (χ2n) is 8.06. The molecule has 0 radical (unpaired) electrons. The highest BCUT2D eigenvalue weighted by Gasteiger charge is 2.25. The first-order valence-corrected chi connectivity index (χ1v) is 12.8. The molecule has 0 fully saturated rings. The number of hydrogen-bond donors (Lipinski definition) is 3. The zero-order valence-corrected chi connectivity index (χ0v) is 20.9. The third-order valence-corrected chi connectivity index (χ3v) is 7.88. The molecule has 3 aromatic rings. The molecular weight excluding hydrogens is 506 g/mol. The minimum atomic E-state index is -0.569. The number of hydrogen-bond acceptors (Lipinski definition) is 9. The van der Waals surface area contributed by atoms with Crippen LogP contribution >= 0.6 is 23.1 Å². The molecule has 0 saturated heterocycles. The first-order valence-electron chi connectivity index (χ1n) is 11.0. The van der Waals surface area contributed by atoms with Gasteiger partial charge >= 0.3 is 0 Å². The van der Waals surface area contributed by atoms with Crippen LogP contribution in [0.4, 0.5) is 10.7 Å². The van der Waals surface area contributed by atoms with Crippen LogP contribution in [0, 0.1) is 10.1 Å². The van der Waals surface area contributed by atoms with E-state index in [9.17, 15) is 24.5 Å². The molecule has 0 saturated carbocycles. The molecule has 14 heteroatoms. The first-order chi connectivity index (χ1) is 17.2. The minimum Gasteiger partial charge on any atom is -0.365 e. The predicted molar refractivity (Wildman–Crippen MR) is 134 cm³/mol. The number of rotatable bonds is 9. The Hall–Kier alpha value is -3.78. The molecule has 0 spiro atoms. The lowest BCUT2D eigenvalue weighted by atomic mass is 9.95. The Kier molecular flexibility index (Phi) is 7.64. The maximum atomic E-state index is 12.6. The number of nitrogens with two attached hydrogens (primary N) is 1. The van der Waals surface area contributed by atoms with Gasteiger partial charge in [0.15, 0.2) is 11.0 Å². The molecule has 12 nitrogen and oxygen atoms in total. The van der Waals surface area contributed by atoms with Gasteiger partial charge < -0.3 is 20.9 Å². The van der Waals surface area contributed by atoms with E-state index in [1.807, 2.05) is 0 Å². The van der Waals surface area contributed by atoms with E-state index >= 15 is 0 Å². The Labute approximate surface area is 213 Å². The number of amides is 3. The van der Waals surface area contributed by atoms with Gasteiger partial charge in [-0.25, -0.2) is 0 Å². The number of primary amides is 1. The number of thiophene rings is 1. The number of nitrogens with one attached hydrogen (secondary N) is 2. The maximum absolute atomic E-state index is 12.6. The second kappa shape index (κ2) is 10.9. The van der Waals surface area contributed by atoms with Crippen LogP contribution in [0.5, 0.6) is 0 Å². The fourth-order valence-corrected chi connectivity index (χ4v) is 5.89. The number of nitrogens with zero attached hydrogens (tertiary/aromatic N) is 4. The van der Waals surface area contributed by atoms with Gasteiger partial charge in [0, 0.05) is 29.6 Å². The van der Waals surface area contributed by atoms with Gasteiger partial charge in [0.25, 0.3) is 17.5 Å². The summed E-state index contributed by atoms with van der Waals surface area (Å²) in [6.45, 7) is 0.0422. The van der Waals surface area contributed by atoms with Gasteiger partial charge in [-0.1, -0.05) is 17.8 Å². The average molecular weight is 530 g/mol. The monoisotopic (exact) mass is 529 g/mol. The molecule has 188 valence electrons. The Morgan fingerprint density at radius 2 is 2.03 bits per heavy atom. The quantitative estimate of drug-likeness (QED) is 0.215. The summed E-state index contributed by atoms with van der Waals surface area (Å²) in [5, 5.41) is 25.4. The summed E-state index contributed by atoms with van der Waals surface area (Å²) in [5.74, 6) is -0.850. The Morgan fingerprint density at radius 3 is 2.78 bits per heavy atom. The molecule has 1 aliphatic carbocycles. The average Bonchev–Trinajstić information content (AvgIpc) is 3.40.